The molecule has 5 nitrogen and oxygen atoms in total. The number of likely N-dealkylation sites (tertiary alicyclic amines) is 1. The van der Waals surface area contributed by atoms with Crippen molar-refractivity contribution in [1.82, 2.24) is 10.2 Å². The number of carbonyl (C=O) groups is 3. The second-order valence-corrected chi connectivity index (χ2v) is 9.13. The van der Waals surface area contributed by atoms with Crippen LogP contribution in [0.3, 0.4) is 0 Å². The van der Waals surface area contributed by atoms with Crippen LogP contribution in [0.4, 0.5) is 0 Å². The summed E-state index contributed by atoms with van der Waals surface area (Å²) in [5.74, 6) is -0.108. The van der Waals surface area contributed by atoms with E-state index in [9.17, 15) is 14.4 Å². The Labute approximate surface area is 170 Å². The van der Waals surface area contributed by atoms with E-state index in [1.807, 2.05) is 18.4 Å². The van der Waals surface area contributed by atoms with E-state index in [0.717, 1.165) is 49.8 Å². The molecule has 6 heteroatoms. The highest BCUT2D eigenvalue weighted by Gasteiger charge is 2.51. The molecule has 3 aliphatic rings. The normalized spacial score (nSPS) is 27.5. The van der Waals surface area contributed by atoms with Crippen LogP contribution in [0, 0.1) is 11.8 Å². The van der Waals surface area contributed by atoms with Gasteiger partial charge >= 0.3 is 0 Å². The van der Waals surface area contributed by atoms with Gasteiger partial charge in [0.05, 0.1) is 17.9 Å². The van der Waals surface area contributed by atoms with Gasteiger partial charge in [-0.1, -0.05) is 37.1 Å². The molecule has 2 fully saturated rings. The lowest BCUT2D eigenvalue weighted by atomic mass is 9.81. The third-order valence-corrected chi connectivity index (χ3v) is 7.18. The maximum absolute atomic E-state index is 13.2. The van der Waals surface area contributed by atoms with Gasteiger partial charge in [0.2, 0.25) is 17.7 Å². The molecule has 1 aromatic carbocycles. The Morgan fingerprint density at radius 2 is 1.82 bits per heavy atom. The van der Waals surface area contributed by atoms with Crippen molar-refractivity contribution in [3.05, 3.63) is 35.4 Å². The first-order valence-electron chi connectivity index (χ1n) is 10.4. The number of thioether (sulfide) groups is 1. The number of rotatable bonds is 6. The number of aryl methyl sites for hydroxylation is 1. The zero-order chi connectivity index (χ0) is 19.7. The van der Waals surface area contributed by atoms with Gasteiger partial charge in [-0.15, -0.1) is 0 Å². The van der Waals surface area contributed by atoms with Gasteiger partial charge in [0.15, 0.2) is 0 Å². The largest absolute Gasteiger partial charge is 0.347 e. The van der Waals surface area contributed by atoms with Crippen LogP contribution in [-0.2, 0) is 20.8 Å². The van der Waals surface area contributed by atoms with Crippen LogP contribution in [0.2, 0.25) is 0 Å². The molecule has 4 atom stereocenters. The summed E-state index contributed by atoms with van der Waals surface area (Å²) in [5.41, 5.74) is 2.43. The van der Waals surface area contributed by atoms with Crippen molar-refractivity contribution in [2.24, 2.45) is 11.8 Å². The highest BCUT2D eigenvalue weighted by atomic mass is 32.2. The van der Waals surface area contributed by atoms with Crippen molar-refractivity contribution in [2.75, 3.05) is 12.0 Å². The minimum Gasteiger partial charge on any atom is -0.347 e. The van der Waals surface area contributed by atoms with Gasteiger partial charge in [-0.3, -0.25) is 19.3 Å². The molecule has 0 spiro atoms. The van der Waals surface area contributed by atoms with Crippen molar-refractivity contribution >= 4 is 29.5 Å². The summed E-state index contributed by atoms with van der Waals surface area (Å²) in [6.07, 6.45) is 7.85. The van der Waals surface area contributed by atoms with Crippen LogP contribution in [0.25, 0.3) is 0 Å². The minimum atomic E-state index is -0.689. The average molecular weight is 401 g/mol. The van der Waals surface area contributed by atoms with Crippen LogP contribution in [0.5, 0.6) is 0 Å². The molecule has 150 valence electrons. The molecule has 1 aromatic rings. The van der Waals surface area contributed by atoms with E-state index in [1.165, 1.54) is 10.5 Å². The molecule has 1 saturated heterocycles. The Morgan fingerprint density at radius 3 is 2.50 bits per heavy atom. The zero-order valence-corrected chi connectivity index (χ0v) is 17.2. The molecule has 2 aliphatic carbocycles. The summed E-state index contributed by atoms with van der Waals surface area (Å²) in [6.45, 7) is 0. The molecule has 3 amide bonds. The standard InChI is InChI=1S/C22H28N2O3S/c1-28-13-12-19(24-21(26)16-8-4-5-9-17(16)22(24)27)20(25)23-18-11-10-14-6-2-3-7-15(14)18/h2-3,6-7,16-19H,4-5,8-13H2,1H3,(H,23,25). The number of fused-ring (bicyclic) bond motifs is 2. The predicted molar refractivity (Wildman–Crippen MR) is 110 cm³/mol. The fourth-order valence-electron chi connectivity index (χ4n) is 5.08. The first-order chi connectivity index (χ1) is 13.6. The Hall–Kier alpha value is -1.82. The Morgan fingerprint density at radius 1 is 1.14 bits per heavy atom. The van der Waals surface area contributed by atoms with Crippen LogP contribution in [0.15, 0.2) is 24.3 Å². The van der Waals surface area contributed by atoms with E-state index >= 15 is 0 Å². The van der Waals surface area contributed by atoms with Gasteiger partial charge in [0, 0.05) is 0 Å². The highest BCUT2D eigenvalue weighted by molar-refractivity contribution is 7.98. The third kappa shape index (κ3) is 3.47. The van der Waals surface area contributed by atoms with Crippen molar-refractivity contribution in [1.29, 1.82) is 0 Å². The number of hydrogen-bond donors (Lipinski definition) is 1. The smallest absolute Gasteiger partial charge is 0.243 e. The fourth-order valence-corrected chi connectivity index (χ4v) is 5.54. The second-order valence-electron chi connectivity index (χ2n) is 8.14. The van der Waals surface area contributed by atoms with E-state index < -0.39 is 6.04 Å². The van der Waals surface area contributed by atoms with Crippen LogP contribution in [0.1, 0.15) is 55.7 Å². The van der Waals surface area contributed by atoms with Gasteiger partial charge in [0.1, 0.15) is 6.04 Å². The summed E-state index contributed by atoms with van der Waals surface area (Å²) < 4.78 is 0. The number of carbonyl (C=O) groups excluding carboxylic acids is 3. The van der Waals surface area contributed by atoms with Crippen molar-refractivity contribution in [2.45, 2.75) is 57.0 Å². The van der Waals surface area contributed by atoms with E-state index in [1.54, 1.807) is 11.8 Å². The van der Waals surface area contributed by atoms with Crippen LogP contribution < -0.4 is 5.32 Å². The molecular formula is C22H28N2O3S. The highest BCUT2D eigenvalue weighted by Crippen LogP contribution is 2.39. The lowest BCUT2D eigenvalue weighted by Gasteiger charge is -2.27. The monoisotopic (exact) mass is 400 g/mol. The predicted octanol–water partition coefficient (Wildman–Crippen LogP) is 3.09. The molecule has 0 bridgehead atoms. The summed E-state index contributed by atoms with van der Waals surface area (Å²) >= 11 is 1.64. The first kappa shape index (κ1) is 19.5. The molecule has 1 heterocycles. The number of imide groups is 1. The summed E-state index contributed by atoms with van der Waals surface area (Å²) in [4.78, 5) is 40.6. The molecule has 1 saturated carbocycles. The Balaban J connectivity index is 1.54. The number of benzene rings is 1. The van der Waals surface area contributed by atoms with Crippen molar-refractivity contribution in [3.63, 3.8) is 0 Å². The molecule has 0 radical (unpaired) electrons. The van der Waals surface area contributed by atoms with Gasteiger partial charge in [-0.2, -0.15) is 11.8 Å². The third-order valence-electron chi connectivity index (χ3n) is 6.53. The maximum atomic E-state index is 13.2. The summed E-state index contributed by atoms with van der Waals surface area (Å²) in [6, 6.07) is 7.46. The van der Waals surface area contributed by atoms with Gasteiger partial charge in [0.25, 0.3) is 0 Å². The van der Waals surface area contributed by atoms with E-state index in [-0.39, 0.29) is 35.6 Å². The topological polar surface area (TPSA) is 66.5 Å². The van der Waals surface area contributed by atoms with Gasteiger partial charge < -0.3 is 5.32 Å². The summed E-state index contributed by atoms with van der Waals surface area (Å²) in [5, 5.41) is 3.15. The first-order valence-corrected chi connectivity index (χ1v) is 11.7. The number of hydrogen-bond acceptors (Lipinski definition) is 4. The molecule has 1 aliphatic heterocycles. The van der Waals surface area contributed by atoms with E-state index in [4.69, 9.17) is 0 Å². The van der Waals surface area contributed by atoms with E-state index in [0.29, 0.717) is 6.42 Å². The van der Waals surface area contributed by atoms with Crippen LogP contribution >= 0.6 is 11.8 Å². The van der Waals surface area contributed by atoms with Gasteiger partial charge in [-0.25, -0.2) is 0 Å². The van der Waals surface area contributed by atoms with Crippen molar-refractivity contribution < 1.29 is 14.4 Å². The Bertz CT molecular complexity index is 757. The molecule has 4 unspecified atom stereocenters. The lowest BCUT2D eigenvalue weighted by Crippen LogP contribution is -2.50. The lowest BCUT2D eigenvalue weighted by molar-refractivity contribution is -0.148. The molecule has 1 N–H and O–H groups in total. The quantitative estimate of drug-likeness (QED) is 0.745. The second kappa shape index (κ2) is 8.27. The number of amides is 3. The average Bonchev–Trinajstić information content (AvgIpc) is 3.23. The van der Waals surface area contributed by atoms with Gasteiger partial charge in [-0.05, 0) is 55.2 Å². The van der Waals surface area contributed by atoms with Crippen molar-refractivity contribution in [3.8, 4) is 0 Å². The fraction of sp³-hybridized carbons (Fsp3) is 0.591. The molecular weight excluding hydrogens is 372 g/mol. The van der Waals surface area contributed by atoms with E-state index in [2.05, 4.69) is 17.4 Å². The summed E-state index contributed by atoms with van der Waals surface area (Å²) in [7, 11) is 0. The number of nitrogens with one attached hydrogen (secondary N) is 1. The minimum absolute atomic E-state index is 0.0319. The zero-order valence-electron chi connectivity index (χ0n) is 16.4. The number of nitrogens with zero attached hydrogens (tertiary/aromatic N) is 1. The maximum Gasteiger partial charge on any atom is 0.243 e. The van der Waals surface area contributed by atoms with Crippen LogP contribution in [-0.4, -0.2) is 40.7 Å². The molecule has 0 aromatic heterocycles. The Kier molecular flexibility index (Phi) is 5.76. The SMILES string of the molecule is CSCCC(C(=O)NC1CCc2ccccc21)N1C(=O)C2CCCCC2C1=O. The molecule has 28 heavy (non-hydrogen) atoms. The molecule has 4 rings (SSSR count).